The summed E-state index contributed by atoms with van der Waals surface area (Å²) in [6, 6.07) is 8.39. The summed E-state index contributed by atoms with van der Waals surface area (Å²) in [6.45, 7) is -0.218. The second kappa shape index (κ2) is 8.64. The average Bonchev–Trinajstić information content (AvgIpc) is 3.07. The number of ketones is 1. The van der Waals surface area contributed by atoms with Crippen molar-refractivity contribution in [3.05, 3.63) is 58.7 Å². The topological polar surface area (TPSA) is 71.6 Å². The third-order valence-corrected chi connectivity index (χ3v) is 5.12. The van der Waals surface area contributed by atoms with Crippen LogP contribution in [0.25, 0.3) is 10.9 Å². The number of nitrogens with one attached hydrogen (secondary N) is 1. The van der Waals surface area contributed by atoms with Crippen LogP contribution in [-0.2, 0) is 0 Å². The van der Waals surface area contributed by atoms with Gasteiger partial charge in [0.15, 0.2) is 5.78 Å². The molecule has 1 aromatic heterocycles. The molecule has 0 aliphatic carbocycles. The van der Waals surface area contributed by atoms with Crippen LogP contribution in [0.15, 0.2) is 42.6 Å². The normalized spacial score (nSPS) is 12.8. The Bertz CT molecular complexity index is 1040. The SMILES string of the molecule is O=C(c1c[nH]c2ccc(OC(F)(F)F)cc12)C(Br)c1ccc(Cl)cc1OCCO. The summed E-state index contributed by atoms with van der Waals surface area (Å²) in [5.41, 5.74) is 1.12. The molecular weight excluding hydrogens is 479 g/mol. The highest BCUT2D eigenvalue weighted by atomic mass is 79.9. The summed E-state index contributed by atoms with van der Waals surface area (Å²) in [5.74, 6) is -0.525. The number of benzene rings is 2. The van der Waals surface area contributed by atoms with Crippen LogP contribution in [0, 0.1) is 0 Å². The quantitative estimate of drug-likeness (QED) is 0.342. The molecule has 1 atom stereocenters. The zero-order valence-electron chi connectivity index (χ0n) is 14.6. The number of aromatic amines is 1. The molecule has 0 fully saturated rings. The molecular formula is C19H14BrClF3NO4. The number of ether oxygens (including phenoxy) is 2. The van der Waals surface area contributed by atoms with Gasteiger partial charge in [0.2, 0.25) is 0 Å². The van der Waals surface area contributed by atoms with Crippen LogP contribution >= 0.6 is 27.5 Å². The molecule has 2 aromatic carbocycles. The first-order chi connectivity index (χ1) is 13.7. The lowest BCUT2D eigenvalue weighted by Gasteiger charge is -2.15. The van der Waals surface area contributed by atoms with E-state index in [0.717, 1.165) is 12.1 Å². The molecule has 3 aromatic rings. The van der Waals surface area contributed by atoms with Gasteiger partial charge in [-0.25, -0.2) is 0 Å². The number of rotatable bonds is 7. The number of hydrogen-bond donors (Lipinski definition) is 2. The molecule has 5 nitrogen and oxygen atoms in total. The van der Waals surface area contributed by atoms with Gasteiger partial charge >= 0.3 is 6.36 Å². The first-order valence-electron chi connectivity index (χ1n) is 8.28. The van der Waals surface area contributed by atoms with Crippen molar-refractivity contribution in [2.75, 3.05) is 13.2 Å². The van der Waals surface area contributed by atoms with Crippen LogP contribution in [0.5, 0.6) is 11.5 Å². The van der Waals surface area contributed by atoms with Gasteiger partial charge in [0, 0.05) is 33.2 Å². The van der Waals surface area contributed by atoms with Crippen LogP contribution in [-0.4, -0.2) is 35.4 Å². The van der Waals surface area contributed by atoms with E-state index in [2.05, 4.69) is 25.7 Å². The fraction of sp³-hybridized carbons (Fsp3) is 0.211. The van der Waals surface area contributed by atoms with Gasteiger partial charge in [0.05, 0.1) is 6.61 Å². The van der Waals surface area contributed by atoms with E-state index in [1.165, 1.54) is 18.3 Å². The molecule has 10 heteroatoms. The molecule has 0 spiro atoms. The van der Waals surface area contributed by atoms with Crippen molar-refractivity contribution in [3.8, 4) is 11.5 Å². The number of aliphatic hydroxyl groups excluding tert-OH is 1. The summed E-state index contributed by atoms with van der Waals surface area (Å²) in [6.07, 6.45) is -3.42. The summed E-state index contributed by atoms with van der Waals surface area (Å²) in [5, 5.41) is 9.65. The molecule has 0 saturated carbocycles. The molecule has 1 unspecified atom stereocenters. The van der Waals surface area contributed by atoms with Gasteiger partial charge in [-0.3, -0.25) is 4.79 Å². The monoisotopic (exact) mass is 491 g/mol. The zero-order chi connectivity index (χ0) is 21.2. The third-order valence-electron chi connectivity index (χ3n) is 3.98. The van der Waals surface area contributed by atoms with E-state index >= 15 is 0 Å². The number of alkyl halides is 4. The van der Waals surface area contributed by atoms with Crippen molar-refractivity contribution >= 4 is 44.2 Å². The van der Waals surface area contributed by atoms with Crippen molar-refractivity contribution in [2.45, 2.75) is 11.2 Å². The van der Waals surface area contributed by atoms with E-state index in [4.69, 9.17) is 21.4 Å². The van der Waals surface area contributed by atoms with Gasteiger partial charge in [-0.05, 0) is 30.3 Å². The fourth-order valence-corrected chi connectivity index (χ4v) is 3.56. The van der Waals surface area contributed by atoms with E-state index < -0.39 is 22.7 Å². The van der Waals surface area contributed by atoms with Gasteiger partial charge in [0.25, 0.3) is 0 Å². The van der Waals surface area contributed by atoms with Crippen LogP contribution in [0.2, 0.25) is 5.02 Å². The predicted octanol–water partition coefficient (Wildman–Crippen LogP) is 5.41. The molecule has 3 rings (SSSR count). The van der Waals surface area contributed by atoms with Gasteiger partial charge in [-0.1, -0.05) is 33.6 Å². The summed E-state index contributed by atoms with van der Waals surface area (Å²) in [4.78, 5) is 15.1. The highest BCUT2D eigenvalue weighted by Gasteiger charge is 2.31. The number of hydrogen-bond acceptors (Lipinski definition) is 4. The second-order valence-electron chi connectivity index (χ2n) is 5.94. The standard InChI is InChI=1S/C19H14BrClF3NO4/c20-17(12-3-1-10(21)7-16(12)28-6-5-26)18(27)14-9-25-15-4-2-11(8-13(14)15)29-19(22,23)24/h1-4,7-9,17,25-26H,5-6H2. The first-order valence-corrected chi connectivity index (χ1v) is 9.57. The highest BCUT2D eigenvalue weighted by molar-refractivity contribution is 9.09. The molecule has 2 N–H and O–H groups in total. The number of aliphatic hydroxyl groups is 1. The van der Waals surface area contributed by atoms with Crippen LogP contribution in [0.3, 0.4) is 0 Å². The van der Waals surface area contributed by atoms with Crippen molar-refractivity contribution in [2.24, 2.45) is 0 Å². The maximum Gasteiger partial charge on any atom is 0.573 e. The number of Topliss-reactive ketones (excluding diaryl/α,β-unsaturated/α-hetero) is 1. The molecule has 0 aliphatic heterocycles. The van der Waals surface area contributed by atoms with Gasteiger partial charge in [-0.15, -0.1) is 13.2 Å². The Morgan fingerprint density at radius 2 is 2.00 bits per heavy atom. The number of halogens is 5. The van der Waals surface area contributed by atoms with Crippen molar-refractivity contribution < 1.29 is 32.5 Å². The fourth-order valence-electron chi connectivity index (χ4n) is 2.78. The van der Waals surface area contributed by atoms with E-state index in [0.29, 0.717) is 21.9 Å². The highest BCUT2D eigenvalue weighted by Crippen LogP contribution is 2.37. The van der Waals surface area contributed by atoms with Gasteiger partial charge < -0.3 is 19.6 Å². The Hall–Kier alpha value is -2.23. The largest absolute Gasteiger partial charge is 0.573 e. The van der Waals surface area contributed by atoms with Gasteiger partial charge in [0.1, 0.15) is 22.9 Å². The lowest BCUT2D eigenvalue weighted by atomic mass is 10.0. The maximum atomic E-state index is 13.1. The van der Waals surface area contributed by atoms with E-state index in [-0.39, 0.29) is 24.2 Å². The predicted molar refractivity (Wildman–Crippen MR) is 105 cm³/mol. The minimum Gasteiger partial charge on any atom is -0.491 e. The first kappa shape index (κ1) is 21.5. The third kappa shape index (κ3) is 5.04. The molecule has 1 heterocycles. The Labute approximate surface area is 176 Å². The summed E-state index contributed by atoms with van der Waals surface area (Å²) < 4.78 is 46.9. The Morgan fingerprint density at radius 3 is 2.69 bits per heavy atom. The number of fused-ring (bicyclic) bond motifs is 1. The lowest BCUT2D eigenvalue weighted by Crippen LogP contribution is -2.17. The van der Waals surface area contributed by atoms with Crippen molar-refractivity contribution in [1.29, 1.82) is 0 Å². The van der Waals surface area contributed by atoms with E-state index in [9.17, 15) is 18.0 Å². The van der Waals surface area contributed by atoms with E-state index in [1.54, 1.807) is 12.1 Å². The Morgan fingerprint density at radius 1 is 1.24 bits per heavy atom. The molecule has 29 heavy (non-hydrogen) atoms. The minimum absolute atomic E-state index is 0.00643. The smallest absolute Gasteiger partial charge is 0.491 e. The number of H-pyrrole nitrogens is 1. The number of carbonyl (C=O) groups excluding carboxylic acids is 1. The molecule has 0 aliphatic rings. The van der Waals surface area contributed by atoms with Gasteiger partial charge in [-0.2, -0.15) is 0 Å². The van der Waals surface area contributed by atoms with Crippen LogP contribution < -0.4 is 9.47 Å². The molecule has 0 bridgehead atoms. The second-order valence-corrected chi connectivity index (χ2v) is 7.29. The summed E-state index contributed by atoms with van der Waals surface area (Å²) in [7, 11) is 0. The summed E-state index contributed by atoms with van der Waals surface area (Å²) >= 11 is 9.31. The number of aromatic nitrogens is 1. The molecule has 0 saturated heterocycles. The maximum absolute atomic E-state index is 13.1. The van der Waals surface area contributed by atoms with E-state index in [1.807, 2.05) is 0 Å². The zero-order valence-corrected chi connectivity index (χ0v) is 16.9. The lowest BCUT2D eigenvalue weighted by molar-refractivity contribution is -0.274. The number of carbonyl (C=O) groups is 1. The minimum atomic E-state index is -4.84. The Balaban J connectivity index is 1.96. The molecule has 154 valence electrons. The Kier molecular flexibility index (Phi) is 6.40. The van der Waals surface area contributed by atoms with Crippen molar-refractivity contribution in [3.63, 3.8) is 0 Å². The molecule has 0 amide bonds. The van der Waals surface area contributed by atoms with Crippen LogP contribution in [0.1, 0.15) is 20.7 Å². The molecule has 0 radical (unpaired) electrons. The van der Waals surface area contributed by atoms with Crippen LogP contribution in [0.4, 0.5) is 13.2 Å². The average molecular weight is 493 g/mol. The van der Waals surface area contributed by atoms with Crippen molar-refractivity contribution in [1.82, 2.24) is 4.98 Å².